The second-order valence-electron chi connectivity index (χ2n) is 11.1. The highest BCUT2D eigenvalue weighted by molar-refractivity contribution is 8.01. The molecule has 3 saturated heterocycles. The number of β-lactam (4-membered cyclic amide) rings is 1. The van der Waals surface area contributed by atoms with Crippen LogP contribution in [-0.2, 0) is 40.1 Å². The average Bonchev–Trinajstić information content (AvgIpc) is 3.65. The van der Waals surface area contributed by atoms with Crippen molar-refractivity contribution in [2.75, 3.05) is 19.6 Å². The van der Waals surface area contributed by atoms with Crippen molar-refractivity contribution in [3.8, 4) is 0 Å². The Balaban J connectivity index is 1.34. The van der Waals surface area contributed by atoms with Crippen LogP contribution in [0.2, 0.25) is 0 Å². The Labute approximate surface area is 266 Å². The molecular weight excluding hydrogens is 624 g/mol. The number of thiophene rings is 1. The van der Waals surface area contributed by atoms with Gasteiger partial charge in [0.05, 0.1) is 0 Å². The molecule has 1 aromatic heterocycles. The number of carbonyl (C=O) groups is 7. The highest BCUT2D eigenvalue weighted by Crippen LogP contribution is 2.54. The highest BCUT2D eigenvalue weighted by Gasteiger charge is 2.73. The number of hydrogen-bond acceptors (Lipinski definition) is 10. The van der Waals surface area contributed by atoms with Gasteiger partial charge in [-0.15, -0.1) is 23.1 Å². The number of esters is 1. The number of likely N-dealkylation sites (N-methyl/N-ethyl adjacent to an activating group) is 1. The Hall–Kier alpha value is -4.44. The Kier molecular flexibility index (Phi) is 8.89. The summed E-state index contributed by atoms with van der Waals surface area (Å²) in [6, 6.07) is 8.93. The largest absolute Gasteiger partial charge is 0.459 e. The zero-order valence-corrected chi connectivity index (χ0v) is 26.3. The molecule has 5 rings (SSSR count). The van der Waals surface area contributed by atoms with E-state index in [0.29, 0.717) is 11.4 Å². The number of imide groups is 1. The Morgan fingerprint density at radius 2 is 1.80 bits per heavy atom. The number of hydrogen-bond donors (Lipinski definition) is 3. The van der Waals surface area contributed by atoms with Gasteiger partial charge in [-0.3, -0.25) is 28.9 Å². The molecule has 0 aliphatic carbocycles. The van der Waals surface area contributed by atoms with E-state index >= 15 is 0 Å². The minimum Gasteiger partial charge on any atom is -0.459 e. The molecular formula is C29H32N6O8S2. The number of nitrogens with one attached hydrogen (secondary N) is 3. The van der Waals surface area contributed by atoms with Gasteiger partial charge in [0.1, 0.15) is 24.1 Å². The maximum Gasteiger partial charge on any atom is 0.330 e. The number of carbonyl (C=O) groups excluding carboxylic acids is 7. The standard InChI is InChI=1S/C29H32N6O8S2/c1-4-33-12-13-34(23(39)22(33)38)27(42)31-19(18-11-8-14-44-18)21(37)32-29(30-16-36)25(41)35-20(28(2,3)45-26(29)35)24(40)43-15-17-9-6-5-7-10-17/h5-11,14,16,19-20,26H,4,12-13,15H2,1-3H3,(H,30,36)(H,31,42)(H,32,37)/t19?,20-,26+,29+/m0/s1. The molecule has 3 N–H and O–H groups in total. The third-order valence-corrected chi connectivity index (χ3v) is 10.5. The van der Waals surface area contributed by atoms with Gasteiger partial charge in [-0.2, -0.15) is 0 Å². The van der Waals surface area contributed by atoms with E-state index in [4.69, 9.17) is 4.74 Å². The molecule has 3 aliphatic rings. The van der Waals surface area contributed by atoms with E-state index in [1.165, 1.54) is 21.6 Å². The lowest BCUT2D eigenvalue weighted by Gasteiger charge is -2.52. The molecule has 14 nitrogen and oxygen atoms in total. The second-order valence-corrected chi connectivity index (χ2v) is 13.8. The Bertz CT molecular complexity index is 1520. The molecule has 0 bridgehead atoms. The van der Waals surface area contributed by atoms with Gasteiger partial charge < -0.3 is 30.5 Å². The quantitative estimate of drug-likeness (QED) is 0.109. The fourth-order valence-electron chi connectivity index (χ4n) is 5.58. The summed E-state index contributed by atoms with van der Waals surface area (Å²) in [5.41, 5.74) is -1.17. The van der Waals surface area contributed by atoms with Crippen LogP contribution in [0.15, 0.2) is 47.8 Å². The normalized spacial score (nSPS) is 24.3. The molecule has 0 radical (unpaired) electrons. The summed E-state index contributed by atoms with van der Waals surface area (Å²) in [4.78, 5) is 94.5. The number of nitrogens with zero attached hydrogens (tertiary/aromatic N) is 3. The molecule has 3 aliphatic heterocycles. The van der Waals surface area contributed by atoms with E-state index in [2.05, 4.69) is 16.0 Å². The molecule has 3 fully saturated rings. The lowest BCUT2D eigenvalue weighted by atomic mass is 9.91. The lowest BCUT2D eigenvalue weighted by Crippen LogP contribution is -2.85. The van der Waals surface area contributed by atoms with Gasteiger partial charge in [0.15, 0.2) is 0 Å². The van der Waals surface area contributed by atoms with Crippen molar-refractivity contribution >= 4 is 65.1 Å². The minimum absolute atomic E-state index is 0.00185. The third kappa shape index (κ3) is 5.75. The smallest absolute Gasteiger partial charge is 0.330 e. The van der Waals surface area contributed by atoms with Crippen LogP contribution < -0.4 is 16.0 Å². The second kappa shape index (κ2) is 12.5. The van der Waals surface area contributed by atoms with Crippen molar-refractivity contribution in [3.05, 3.63) is 58.3 Å². The lowest BCUT2D eigenvalue weighted by molar-refractivity contribution is -0.174. The van der Waals surface area contributed by atoms with Crippen LogP contribution in [0.3, 0.4) is 0 Å². The van der Waals surface area contributed by atoms with Crippen molar-refractivity contribution in [1.29, 1.82) is 0 Å². The van der Waals surface area contributed by atoms with Crippen molar-refractivity contribution < 1.29 is 38.3 Å². The van der Waals surface area contributed by atoms with Gasteiger partial charge in [0, 0.05) is 29.3 Å². The number of piperazine rings is 1. The van der Waals surface area contributed by atoms with Crippen molar-refractivity contribution in [2.24, 2.45) is 0 Å². The summed E-state index contributed by atoms with van der Waals surface area (Å²) in [5, 5.41) is 8.35. The fraction of sp³-hybridized carbons (Fsp3) is 0.414. The van der Waals surface area contributed by atoms with Gasteiger partial charge in [0.25, 0.3) is 5.91 Å². The molecule has 16 heteroatoms. The van der Waals surface area contributed by atoms with Crippen LogP contribution >= 0.6 is 23.1 Å². The Morgan fingerprint density at radius 3 is 2.44 bits per heavy atom. The molecule has 7 amide bonds. The number of ether oxygens (including phenoxy) is 1. The van der Waals surface area contributed by atoms with Gasteiger partial charge in [-0.25, -0.2) is 9.59 Å². The third-order valence-electron chi connectivity index (χ3n) is 7.89. The molecule has 2 aromatic rings. The van der Waals surface area contributed by atoms with E-state index < -0.39 is 63.5 Å². The van der Waals surface area contributed by atoms with E-state index in [1.54, 1.807) is 50.4 Å². The topological polar surface area (TPSA) is 175 Å². The van der Waals surface area contributed by atoms with Crippen LogP contribution in [-0.4, -0.2) is 98.2 Å². The van der Waals surface area contributed by atoms with Crippen molar-refractivity contribution in [1.82, 2.24) is 30.7 Å². The molecule has 1 unspecified atom stereocenters. The number of amides is 7. The van der Waals surface area contributed by atoms with Gasteiger partial charge in [-0.1, -0.05) is 36.4 Å². The number of benzene rings is 1. The molecule has 1 aromatic carbocycles. The van der Waals surface area contributed by atoms with Gasteiger partial charge in [-0.05, 0) is 37.8 Å². The minimum atomic E-state index is -1.94. The zero-order valence-electron chi connectivity index (χ0n) is 24.7. The number of urea groups is 1. The summed E-state index contributed by atoms with van der Waals surface area (Å²) in [6.07, 6.45) is 0.278. The van der Waals surface area contributed by atoms with Crippen LogP contribution in [0.1, 0.15) is 37.3 Å². The molecule has 4 heterocycles. The summed E-state index contributed by atoms with van der Waals surface area (Å²) in [5.74, 6) is -4.08. The van der Waals surface area contributed by atoms with Crippen molar-refractivity contribution in [2.45, 2.75) is 55.2 Å². The number of thioether (sulfide) groups is 1. The first-order valence-electron chi connectivity index (χ1n) is 14.1. The predicted octanol–water partition coefficient (Wildman–Crippen LogP) is 0.554. The number of fused-ring (bicyclic) bond motifs is 1. The summed E-state index contributed by atoms with van der Waals surface area (Å²) in [7, 11) is 0. The van der Waals surface area contributed by atoms with Crippen LogP contribution in [0.25, 0.3) is 0 Å². The maximum absolute atomic E-state index is 13.8. The van der Waals surface area contributed by atoms with E-state index in [9.17, 15) is 33.6 Å². The summed E-state index contributed by atoms with van der Waals surface area (Å²) < 4.78 is 4.69. The molecule has 0 spiro atoms. The first kappa shape index (κ1) is 32.0. The summed E-state index contributed by atoms with van der Waals surface area (Å²) >= 11 is 2.35. The number of rotatable bonds is 10. The predicted molar refractivity (Wildman–Crippen MR) is 162 cm³/mol. The first-order valence-corrected chi connectivity index (χ1v) is 15.9. The van der Waals surface area contributed by atoms with Crippen molar-refractivity contribution in [3.63, 3.8) is 0 Å². The van der Waals surface area contributed by atoms with E-state index in [0.717, 1.165) is 21.8 Å². The highest BCUT2D eigenvalue weighted by atomic mass is 32.2. The SMILES string of the molecule is CCN1CCN(C(=O)NC(C(=O)N[C@]2(NC=O)C(=O)N3[C@@H](C(=O)OCc4ccccc4)C(C)(C)S[C@@H]32)c2cccs2)C(=O)C1=O. The van der Waals surface area contributed by atoms with Crippen LogP contribution in [0.4, 0.5) is 4.79 Å². The zero-order chi connectivity index (χ0) is 32.5. The molecule has 0 saturated carbocycles. The average molecular weight is 657 g/mol. The molecule has 45 heavy (non-hydrogen) atoms. The fourth-order valence-corrected chi connectivity index (χ4v) is 8.01. The molecule has 238 valence electrons. The monoisotopic (exact) mass is 656 g/mol. The maximum atomic E-state index is 13.8. The summed E-state index contributed by atoms with van der Waals surface area (Å²) in [6.45, 7) is 5.62. The van der Waals surface area contributed by atoms with Crippen LogP contribution in [0, 0.1) is 0 Å². The molecule has 4 atom stereocenters. The van der Waals surface area contributed by atoms with E-state index in [-0.39, 0.29) is 26.1 Å². The first-order chi connectivity index (χ1) is 21.4. The Morgan fingerprint density at radius 1 is 1.07 bits per heavy atom. The van der Waals surface area contributed by atoms with Gasteiger partial charge in [0.2, 0.25) is 18.0 Å². The van der Waals surface area contributed by atoms with Gasteiger partial charge >= 0.3 is 23.8 Å². The van der Waals surface area contributed by atoms with E-state index in [1.807, 2.05) is 18.2 Å². The van der Waals surface area contributed by atoms with Crippen LogP contribution in [0.5, 0.6) is 0 Å².